The number of hydrogen-bond donors (Lipinski definition) is 0. The van der Waals surface area contributed by atoms with Gasteiger partial charge in [-0.1, -0.05) is 25.5 Å². The van der Waals surface area contributed by atoms with Gasteiger partial charge in [-0.2, -0.15) is 0 Å². The fraction of sp³-hybridized carbons (Fsp3) is 0.333. The van der Waals surface area contributed by atoms with Gasteiger partial charge in [0.2, 0.25) is 0 Å². The van der Waals surface area contributed by atoms with Gasteiger partial charge in [-0.25, -0.2) is 0 Å². The van der Waals surface area contributed by atoms with Gasteiger partial charge in [-0.3, -0.25) is 10.1 Å². The summed E-state index contributed by atoms with van der Waals surface area (Å²) in [6.45, 7) is 2.00. The molecule has 3 nitrogen and oxygen atoms in total. The highest BCUT2D eigenvalue weighted by Crippen LogP contribution is 2.18. The van der Waals surface area contributed by atoms with Crippen molar-refractivity contribution in [2.75, 3.05) is 0 Å². The molecule has 1 rings (SSSR count). The van der Waals surface area contributed by atoms with Crippen LogP contribution in [0.5, 0.6) is 0 Å². The van der Waals surface area contributed by atoms with E-state index in [0.29, 0.717) is 0 Å². The molecule has 0 bridgehead atoms. The van der Waals surface area contributed by atoms with Crippen LogP contribution in [-0.2, 0) is 6.42 Å². The largest absolute Gasteiger partial charge is 0.273 e. The molecule has 0 aliphatic heterocycles. The van der Waals surface area contributed by atoms with Gasteiger partial charge in [0.25, 0.3) is 5.69 Å². The zero-order valence-electron chi connectivity index (χ0n) is 6.91. The molecule has 0 saturated heterocycles. The van der Waals surface area contributed by atoms with Crippen LogP contribution in [0.15, 0.2) is 18.2 Å². The number of nitro benzene ring substituents is 1. The second-order valence-corrected chi connectivity index (χ2v) is 2.56. The molecule has 0 unspecified atom stereocenters. The van der Waals surface area contributed by atoms with Crippen LogP contribution in [0.1, 0.15) is 18.9 Å². The molecule has 3 heteroatoms. The second kappa shape index (κ2) is 3.85. The van der Waals surface area contributed by atoms with Crippen molar-refractivity contribution >= 4 is 5.69 Å². The molecule has 0 spiro atoms. The predicted molar refractivity (Wildman–Crippen MR) is 45.9 cm³/mol. The monoisotopic (exact) mass is 164 g/mol. The maximum atomic E-state index is 10.5. The third-order valence-electron chi connectivity index (χ3n) is 1.65. The number of benzene rings is 1. The van der Waals surface area contributed by atoms with Crippen LogP contribution in [-0.4, -0.2) is 4.92 Å². The second-order valence-electron chi connectivity index (χ2n) is 2.56. The number of nitrogens with zero attached hydrogens (tertiary/aromatic N) is 1. The molecule has 0 fully saturated rings. The summed E-state index contributed by atoms with van der Waals surface area (Å²) in [5.41, 5.74) is 0.973. The third kappa shape index (κ3) is 1.81. The molecule has 1 radical (unpaired) electrons. The Labute approximate surface area is 71.2 Å². The summed E-state index contributed by atoms with van der Waals surface area (Å²) in [6, 6.07) is 7.58. The lowest BCUT2D eigenvalue weighted by Gasteiger charge is -1.98. The molecule has 0 amide bonds. The number of hydrogen-bond acceptors (Lipinski definition) is 2. The summed E-state index contributed by atoms with van der Waals surface area (Å²) in [7, 11) is 0. The highest BCUT2D eigenvalue weighted by molar-refractivity contribution is 5.39. The first kappa shape index (κ1) is 8.71. The van der Waals surface area contributed by atoms with Crippen LogP contribution >= 0.6 is 0 Å². The number of aryl methyl sites for hydroxylation is 1. The molecule has 0 heterocycles. The van der Waals surface area contributed by atoms with E-state index in [1.165, 1.54) is 6.07 Å². The van der Waals surface area contributed by atoms with E-state index in [4.69, 9.17) is 0 Å². The van der Waals surface area contributed by atoms with E-state index in [1.54, 1.807) is 12.1 Å². The molecular formula is C9H10NO2. The average molecular weight is 164 g/mol. The van der Waals surface area contributed by atoms with Crippen molar-refractivity contribution < 1.29 is 4.92 Å². The highest BCUT2D eigenvalue weighted by Gasteiger charge is 2.10. The molecular weight excluding hydrogens is 154 g/mol. The average Bonchev–Trinajstić information content (AvgIpc) is 2.05. The Bertz CT molecular complexity index is 284. The van der Waals surface area contributed by atoms with Crippen LogP contribution in [0.2, 0.25) is 0 Å². The summed E-state index contributed by atoms with van der Waals surface area (Å²) in [5, 5.41) is 10.5. The molecule has 1 aromatic carbocycles. The van der Waals surface area contributed by atoms with Gasteiger partial charge in [0, 0.05) is 11.6 Å². The van der Waals surface area contributed by atoms with Gasteiger partial charge < -0.3 is 0 Å². The molecule has 12 heavy (non-hydrogen) atoms. The molecule has 0 aromatic heterocycles. The summed E-state index contributed by atoms with van der Waals surface area (Å²) in [6.07, 6.45) is 1.68. The lowest BCUT2D eigenvalue weighted by molar-refractivity contribution is -0.385. The summed E-state index contributed by atoms with van der Waals surface area (Å²) >= 11 is 0. The van der Waals surface area contributed by atoms with Crippen molar-refractivity contribution in [2.45, 2.75) is 19.8 Å². The Hall–Kier alpha value is -1.38. The van der Waals surface area contributed by atoms with Gasteiger partial charge in [0.15, 0.2) is 0 Å². The third-order valence-corrected chi connectivity index (χ3v) is 1.65. The molecule has 0 aliphatic rings. The Morgan fingerprint density at radius 3 is 3.00 bits per heavy atom. The topological polar surface area (TPSA) is 43.1 Å². The van der Waals surface area contributed by atoms with E-state index in [1.807, 2.05) is 6.92 Å². The molecule has 0 saturated carbocycles. The van der Waals surface area contributed by atoms with Gasteiger partial charge in [0.05, 0.1) is 4.92 Å². The zero-order chi connectivity index (χ0) is 8.97. The number of rotatable bonds is 3. The van der Waals surface area contributed by atoms with Crippen molar-refractivity contribution in [1.82, 2.24) is 0 Å². The van der Waals surface area contributed by atoms with E-state index in [0.717, 1.165) is 18.4 Å². The number of nitro groups is 1. The van der Waals surface area contributed by atoms with E-state index >= 15 is 0 Å². The smallest absolute Gasteiger partial charge is 0.258 e. The predicted octanol–water partition coefficient (Wildman–Crippen LogP) is 2.35. The first-order valence-electron chi connectivity index (χ1n) is 3.89. The molecule has 1 aromatic rings. The van der Waals surface area contributed by atoms with Crippen molar-refractivity contribution in [1.29, 1.82) is 0 Å². The summed E-state index contributed by atoms with van der Waals surface area (Å²) < 4.78 is 0. The minimum absolute atomic E-state index is 0.180. The van der Waals surface area contributed by atoms with E-state index in [9.17, 15) is 10.1 Å². The standard InChI is InChI=1S/C9H10NO2/c1-2-5-8-6-3-4-7-9(8)10(11)12/h3,6-7H,2,5H2,1H3. The molecule has 0 atom stereocenters. The fourth-order valence-electron chi connectivity index (χ4n) is 1.10. The summed E-state index contributed by atoms with van der Waals surface area (Å²) in [4.78, 5) is 10.1. The minimum Gasteiger partial charge on any atom is -0.258 e. The van der Waals surface area contributed by atoms with E-state index in [2.05, 4.69) is 6.07 Å². The van der Waals surface area contributed by atoms with Gasteiger partial charge >= 0.3 is 0 Å². The first-order chi connectivity index (χ1) is 5.75. The Morgan fingerprint density at radius 1 is 1.67 bits per heavy atom. The van der Waals surface area contributed by atoms with E-state index < -0.39 is 0 Å². The van der Waals surface area contributed by atoms with Crippen molar-refractivity contribution in [3.63, 3.8) is 0 Å². The van der Waals surface area contributed by atoms with Gasteiger partial charge in [-0.15, -0.1) is 0 Å². The van der Waals surface area contributed by atoms with Crippen LogP contribution in [0.3, 0.4) is 0 Å². The van der Waals surface area contributed by atoms with Crippen molar-refractivity contribution in [2.24, 2.45) is 0 Å². The fourth-order valence-corrected chi connectivity index (χ4v) is 1.10. The SMILES string of the molecule is CCCc1cc[c]cc1[N+](=O)[O-]. The van der Waals surface area contributed by atoms with Crippen molar-refractivity contribution in [3.8, 4) is 0 Å². The highest BCUT2D eigenvalue weighted by atomic mass is 16.6. The Balaban J connectivity index is 3.00. The Kier molecular flexibility index (Phi) is 2.80. The summed E-state index contributed by atoms with van der Waals surface area (Å²) in [5.74, 6) is 0. The maximum Gasteiger partial charge on any atom is 0.273 e. The Morgan fingerprint density at radius 2 is 2.42 bits per heavy atom. The van der Waals surface area contributed by atoms with Gasteiger partial charge in [0.1, 0.15) is 0 Å². The molecule has 0 aliphatic carbocycles. The maximum absolute atomic E-state index is 10.5. The van der Waals surface area contributed by atoms with Crippen molar-refractivity contribution in [3.05, 3.63) is 39.9 Å². The molecule has 63 valence electrons. The quantitative estimate of drug-likeness (QED) is 0.508. The lowest BCUT2D eigenvalue weighted by Crippen LogP contribution is -1.94. The molecule has 0 N–H and O–H groups in total. The first-order valence-corrected chi connectivity index (χ1v) is 3.89. The van der Waals surface area contributed by atoms with Crippen LogP contribution in [0.4, 0.5) is 5.69 Å². The minimum atomic E-state index is -0.360. The lowest BCUT2D eigenvalue weighted by atomic mass is 10.1. The van der Waals surface area contributed by atoms with Crippen LogP contribution < -0.4 is 0 Å². The van der Waals surface area contributed by atoms with Gasteiger partial charge in [-0.05, 0) is 12.5 Å². The zero-order valence-corrected chi connectivity index (χ0v) is 6.91. The van der Waals surface area contributed by atoms with E-state index in [-0.39, 0.29) is 10.6 Å². The normalized spacial score (nSPS) is 9.75. The van der Waals surface area contributed by atoms with Crippen LogP contribution in [0, 0.1) is 16.2 Å². The van der Waals surface area contributed by atoms with Crippen LogP contribution in [0.25, 0.3) is 0 Å².